The van der Waals surface area contributed by atoms with Gasteiger partial charge in [-0.2, -0.15) is 5.10 Å². The van der Waals surface area contributed by atoms with Gasteiger partial charge in [-0.25, -0.2) is 15.2 Å². The van der Waals surface area contributed by atoms with Gasteiger partial charge in [0.15, 0.2) is 0 Å². The maximum absolute atomic E-state index is 10.1. The van der Waals surface area contributed by atoms with Crippen LogP contribution in [0.25, 0.3) is 11.0 Å². The number of carbonyl (C=O) groups is 1. The minimum Gasteiger partial charge on any atom is -0.477 e. The third-order valence-electron chi connectivity index (χ3n) is 1.73. The standard InChI is InChI=1S/C9H8N4O2/c14-8(15)5-10-13-9-11-6-3-1-2-4-7(6)12-9/h1-5H,(H,14,15)(H2,11,12,13)/b10-5+. The fraction of sp³-hybridized carbons (Fsp3) is 0. The van der Waals surface area contributed by atoms with E-state index in [0.29, 0.717) is 5.95 Å². The van der Waals surface area contributed by atoms with E-state index in [4.69, 9.17) is 5.11 Å². The number of benzene rings is 1. The van der Waals surface area contributed by atoms with Crippen LogP contribution in [0.5, 0.6) is 0 Å². The molecule has 0 fully saturated rings. The van der Waals surface area contributed by atoms with Crippen LogP contribution in [-0.2, 0) is 4.79 Å². The van der Waals surface area contributed by atoms with E-state index in [1.807, 2.05) is 24.3 Å². The summed E-state index contributed by atoms with van der Waals surface area (Å²) in [5, 5.41) is 11.8. The molecule has 1 aromatic heterocycles. The number of hydrogen-bond acceptors (Lipinski definition) is 4. The number of fused-ring (bicyclic) bond motifs is 1. The highest BCUT2D eigenvalue weighted by molar-refractivity contribution is 6.22. The lowest BCUT2D eigenvalue weighted by atomic mass is 10.3. The Labute approximate surface area is 84.6 Å². The van der Waals surface area contributed by atoms with Crippen LogP contribution in [0.15, 0.2) is 29.4 Å². The molecule has 0 saturated carbocycles. The van der Waals surface area contributed by atoms with Crippen molar-refractivity contribution in [2.75, 3.05) is 5.43 Å². The molecule has 0 aliphatic heterocycles. The number of imidazole rings is 1. The Hall–Kier alpha value is -2.37. The zero-order valence-electron chi connectivity index (χ0n) is 7.64. The minimum atomic E-state index is -1.11. The molecule has 76 valence electrons. The Morgan fingerprint density at radius 2 is 2.33 bits per heavy atom. The third kappa shape index (κ3) is 2.11. The Kier molecular flexibility index (Phi) is 2.32. The summed E-state index contributed by atoms with van der Waals surface area (Å²) in [6, 6.07) is 7.46. The van der Waals surface area contributed by atoms with Gasteiger partial charge in [-0.15, -0.1) is 0 Å². The summed E-state index contributed by atoms with van der Waals surface area (Å²) in [7, 11) is 0. The van der Waals surface area contributed by atoms with Crippen molar-refractivity contribution >= 4 is 29.2 Å². The van der Waals surface area contributed by atoms with E-state index in [1.165, 1.54) is 0 Å². The van der Waals surface area contributed by atoms with Gasteiger partial charge in [0.2, 0.25) is 5.95 Å². The first-order valence-corrected chi connectivity index (χ1v) is 4.22. The fourth-order valence-electron chi connectivity index (χ4n) is 1.15. The van der Waals surface area contributed by atoms with E-state index in [-0.39, 0.29) is 0 Å². The smallest absolute Gasteiger partial charge is 0.348 e. The van der Waals surface area contributed by atoms with Crippen LogP contribution >= 0.6 is 0 Å². The molecule has 0 unspecified atom stereocenters. The number of hydrogen-bond donors (Lipinski definition) is 3. The molecule has 6 heteroatoms. The summed E-state index contributed by atoms with van der Waals surface area (Å²) in [6.07, 6.45) is 0.757. The van der Waals surface area contributed by atoms with Crippen LogP contribution in [0.1, 0.15) is 0 Å². The van der Waals surface area contributed by atoms with Crippen LogP contribution in [-0.4, -0.2) is 27.3 Å². The second kappa shape index (κ2) is 3.79. The highest BCUT2D eigenvalue weighted by atomic mass is 16.4. The Bertz CT molecular complexity index is 485. The van der Waals surface area contributed by atoms with Crippen LogP contribution in [0.2, 0.25) is 0 Å². The predicted octanol–water partition coefficient (Wildman–Crippen LogP) is 1.05. The zero-order chi connectivity index (χ0) is 10.7. The van der Waals surface area contributed by atoms with Crippen LogP contribution in [0, 0.1) is 0 Å². The molecule has 1 aromatic carbocycles. The summed E-state index contributed by atoms with van der Waals surface area (Å²) < 4.78 is 0. The number of aromatic nitrogens is 2. The van der Waals surface area contributed by atoms with E-state index >= 15 is 0 Å². The normalized spacial score (nSPS) is 10.9. The highest BCUT2D eigenvalue weighted by Crippen LogP contribution is 2.12. The maximum Gasteiger partial charge on any atom is 0.348 e. The van der Waals surface area contributed by atoms with E-state index in [9.17, 15) is 4.79 Å². The van der Waals surface area contributed by atoms with Crippen molar-refractivity contribution < 1.29 is 9.90 Å². The highest BCUT2D eigenvalue weighted by Gasteiger charge is 1.99. The summed E-state index contributed by atoms with van der Waals surface area (Å²) in [6.45, 7) is 0. The molecule has 0 atom stereocenters. The van der Waals surface area contributed by atoms with Crippen LogP contribution in [0.3, 0.4) is 0 Å². The molecule has 3 N–H and O–H groups in total. The van der Waals surface area contributed by atoms with Crippen molar-refractivity contribution in [3.63, 3.8) is 0 Å². The van der Waals surface area contributed by atoms with Crippen LogP contribution in [0.4, 0.5) is 5.95 Å². The second-order valence-electron chi connectivity index (χ2n) is 2.81. The lowest BCUT2D eigenvalue weighted by Gasteiger charge is -1.90. The molecule has 0 bridgehead atoms. The number of rotatable bonds is 3. The summed E-state index contributed by atoms with van der Waals surface area (Å²) >= 11 is 0. The largest absolute Gasteiger partial charge is 0.477 e. The Morgan fingerprint density at radius 3 is 3.07 bits per heavy atom. The van der Waals surface area contributed by atoms with Crippen molar-refractivity contribution in [1.29, 1.82) is 0 Å². The lowest BCUT2D eigenvalue weighted by molar-refractivity contribution is -0.128. The number of para-hydroxylation sites is 2. The number of H-pyrrole nitrogens is 1. The summed E-state index contributed by atoms with van der Waals surface area (Å²) in [4.78, 5) is 17.2. The third-order valence-corrected chi connectivity index (χ3v) is 1.73. The van der Waals surface area contributed by atoms with Crippen LogP contribution < -0.4 is 5.43 Å². The van der Waals surface area contributed by atoms with E-state index < -0.39 is 5.97 Å². The average molecular weight is 204 g/mol. The topological polar surface area (TPSA) is 90.4 Å². The predicted molar refractivity (Wildman–Crippen MR) is 55.8 cm³/mol. The SMILES string of the molecule is O=C(O)/C=N/Nc1nc2ccccc2[nH]1. The lowest BCUT2D eigenvalue weighted by Crippen LogP contribution is -1.99. The van der Waals surface area contributed by atoms with Gasteiger partial charge in [0.05, 0.1) is 11.0 Å². The molecule has 0 saturated heterocycles. The van der Waals surface area contributed by atoms with E-state index in [0.717, 1.165) is 17.2 Å². The molecule has 0 spiro atoms. The van der Waals surface area contributed by atoms with Gasteiger partial charge in [0.25, 0.3) is 0 Å². The monoisotopic (exact) mass is 204 g/mol. The van der Waals surface area contributed by atoms with Gasteiger partial charge >= 0.3 is 5.97 Å². The average Bonchev–Trinajstić information content (AvgIpc) is 2.59. The number of aromatic amines is 1. The molecule has 6 nitrogen and oxygen atoms in total. The molecule has 2 aromatic rings. The van der Waals surface area contributed by atoms with Gasteiger partial charge in [-0.3, -0.25) is 0 Å². The number of nitrogens with zero attached hydrogens (tertiary/aromatic N) is 2. The number of hydrazone groups is 1. The molecule has 15 heavy (non-hydrogen) atoms. The first-order valence-electron chi connectivity index (χ1n) is 4.22. The van der Waals surface area contributed by atoms with Crippen molar-refractivity contribution in [2.45, 2.75) is 0 Å². The second-order valence-corrected chi connectivity index (χ2v) is 2.81. The number of anilines is 1. The molecule has 0 radical (unpaired) electrons. The number of nitrogens with one attached hydrogen (secondary N) is 2. The first-order chi connectivity index (χ1) is 7.25. The molecular weight excluding hydrogens is 196 g/mol. The molecule has 2 rings (SSSR count). The summed E-state index contributed by atoms with van der Waals surface area (Å²) in [5.41, 5.74) is 4.15. The molecule has 1 heterocycles. The molecule has 0 amide bonds. The zero-order valence-corrected chi connectivity index (χ0v) is 7.64. The minimum absolute atomic E-state index is 0.411. The number of aliphatic carboxylic acids is 1. The van der Waals surface area contributed by atoms with Gasteiger partial charge in [-0.05, 0) is 12.1 Å². The fourth-order valence-corrected chi connectivity index (χ4v) is 1.15. The quantitative estimate of drug-likeness (QED) is 0.514. The van der Waals surface area contributed by atoms with Gasteiger partial charge in [0, 0.05) is 0 Å². The Balaban J connectivity index is 2.19. The molecular formula is C9H8N4O2. The summed E-state index contributed by atoms with van der Waals surface area (Å²) in [5.74, 6) is -0.702. The first kappa shape index (κ1) is 9.20. The van der Waals surface area contributed by atoms with Gasteiger partial charge in [-0.1, -0.05) is 12.1 Å². The van der Waals surface area contributed by atoms with Crippen molar-refractivity contribution in [2.24, 2.45) is 5.10 Å². The number of carboxylic acid groups (broad SMARTS) is 1. The van der Waals surface area contributed by atoms with Crippen molar-refractivity contribution in [1.82, 2.24) is 9.97 Å². The van der Waals surface area contributed by atoms with E-state index in [2.05, 4.69) is 20.5 Å². The van der Waals surface area contributed by atoms with Crippen molar-refractivity contribution in [3.8, 4) is 0 Å². The van der Waals surface area contributed by atoms with E-state index in [1.54, 1.807) is 0 Å². The molecule has 0 aliphatic carbocycles. The van der Waals surface area contributed by atoms with Crippen molar-refractivity contribution in [3.05, 3.63) is 24.3 Å². The molecule has 0 aliphatic rings. The van der Waals surface area contributed by atoms with Gasteiger partial charge < -0.3 is 10.1 Å². The number of carboxylic acids is 1. The van der Waals surface area contributed by atoms with Gasteiger partial charge in [0.1, 0.15) is 6.21 Å². The maximum atomic E-state index is 10.1. The Morgan fingerprint density at radius 1 is 1.53 bits per heavy atom.